The molecular formula is C15H25N3O3. The number of rotatable bonds is 5. The summed E-state index contributed by atoms with van der Waals surface area (Å²) in [6, 6.07) is 0. The first kappa shape index (κ1) is 14.9. The van der Waals surface area contributed by atoms with E-state index >= 15 is 0 Å². The van der Waals surface area contributed by atoms with Crippen LogP contribution in [0, 0.1) is 5.92 Å². The van der Waals surface area contributed by atoms with Gasteiger partial charge in [-0.25, -0.2) is 0 Å². The molecule has 0 bridgehead atoms. The van der Waals surface area contributed by atoms with Gasteiger partial charge in [-0.1, -0.05) is 24.4 Å². The van der Waals surface area contributed by atoms with Gasteiger partial charge in [0.15, 0.2) is 0 Å². The van der Waals surface area contributed by atoms with Crippen molar-refractivity contribution < 1.29 is 14.0 Å². The van der Waals surface area contributed by atoms with Crippen molar-refractivity contribution in [2.24, 2.45) is 11.7 Å². The molecule has 2 aliphatic rings. The molecule has 1 aliphatic carbocycles. The largest absolute Gasteiger partial charge is 0.379 e. The maximum absolute atomic E-state index is 6.28. The Bertz CT molecular complexity index is 451. The average molecular weight is 295 g/mol. The van der Waals surface area contributed by atoms with E-state index in [4.69, 9.17) is 19.7 Å². The van der Waals surface area contributed by atoms with Gasteiger partial charge in [0.1, 0.15) is 11.6 Å². The highest BCUT2D eigenvalue weighted by Gasteiger charge is 2.39. The topological polar surface area (TPSA) is 83.4 Å². The molecular weight excluding hydrogens is 270 g/mol. The Morgan fingerprint density at radius 2 is 2.19 bits per heavy atom. The SMILES string of the molecule is CCOC(c1noc(C2(N)CCOC2)n1)C1CCCCC1. The predicted molar refractivity (Wildman–Crippen MR) is 76.5 cm³/mol. The first-order valence-electron chi connectivity index (χ1n) is 8.05. The van der Waals surface area contributed by atoms with Gasteiger partial charge in [0, 0.05) is 13.2 Å². The number of hydrogen-bond donors (Lipinski definition) is 1. The zero-order valence-electron chi connectivity index (χ0n) is 12.7. The average Bonchev–Trinajstić information content (AvgIpc) is 3.16. The van der Waals surface area contributed by atoms with Gasteiger partial charge in [-0.05, 0) is 32.1 Å². The van der Waals surface area contributed by atoms with Gasteiger partial charge >= 0.3 is 0 Å². The van der Waals surface area contributed by atoms with Gasteiger partial charge in [0.2, 0.25) is 11.7 Å². The van der Waals surface area contributed by atoms with Crippen LogP contribution in [0.25, 0.3) is 0 Å². The molecule has 0 aromatic carbocycles. The van der Waals surface area contributed by atoms with Crippen LogP contribution in [0.5, 0.6) is 0 Å². The molecule has 2 fully saturated rings. The van der Waals surface area contributed by atoms with Crippen LogP contribution in [0.1, 0.15) is 63.3 Å². The summed E-state index contributed by atoms with van der Waals surface area (Å²) in [5, 5.41) is 4.15. The summed E-state index contributed by atoms with van der Waals surface area (Å²) in [6.07, 6.45) is 6.82. The standard InChI is InChI=1S/C15H25N3O3/c1-2-20-12(11-6-4-3-5-7-11)13-17-14(21-18-13)15(16)8-9-19-10-15/h11-12H,2-10,16H2,1H3. The second-order valence-electron chi connectivity index (χ2n) is 6.19. The number of nitrogens with two attached hydrogens (primary N) is 1. The van der Waals surface area contributed by atoms with Gasteiger partial charge in [-0.2, -0.15) is 4.98 Å². The minimum absolute atomic E-state index is 0.0706. The fourth-order valence-electron chi connectivity index (χ4n) is 3.34. The van der Waals surface area contributed by atoms with Crippen molar-refractivity contribution in [3.63, 3.8) is 0 Å². The van der Waals surface area contributed by atoms with Gasteiger partial charge in [-0.3, -0.25) is 0 Å². The summed E-state index contributed by atoms with van der Waals surface area (Å²) in [5.74, 6) is 1.61. The molecule has 6 nitrogen and oxygen atoms in total. The number of aromatic nitrogens is 2. The zero-order valence-corrected chi connectivity index (χ0v) is 12.7. The Morgan fingerprint density at radius 1 is 1.38 bits per heavy atom. The van der Waals surface area contributed by atoms with Crippen molar-refractivity contribution in [3.8, 4) is 0 Å². The number of hydrogen-bond acceptors (Lipinski definition) is 6. The second-order valence-corrected chi connectivity index (χ2v) is 6.19. The van der Waals surface area contributed by atoms with Crippen LogP contribution in [-0.2, 0) is 15.0 Å². The molecule has 3 rings (SSSR count). The molecule has 2 N–H and O–H groups in total. The molecule has 0 amide bonds. The molecule has 1 aromatic rings. The van der Waals surface area contributed by atoms with Crippen molar-refractivity contribution in [1.82, 2.24) is 10.1 Å². The molecule has 1 aliphatic heterocycles. The van der Waals surface area contributed by atoms with E-state index in [0.29, 0.717) is 37.5 Å². The lowest BCUT2D eigenvalue weighted by Crippen LogP contribution is -2.37. The molecule has 1 saturated heterocycles. The molecule has 2 heterocycles. The van der Waals surface area contributed by atoms with E-state index in [-0.39, 0.29) is 6.10 Å². The molecule has 0 radical (unpaired) electrons. The Balaban J connectivity index is 1.77. The number of ether oxygens (including phenoxy) is 2. The Hall–Kier alpha value is -0.980. The first-order chi connectivity index (χ1) is 10.2. The van der Waals surface area contributed by atoms with E-state index in [1.807, 2.05) is 6.92 Å². The Morgan fingerprint density at radius 3 is 2.86 bits per heavy atom. The van der Waals surface area contributed by atoms with Crippen molar-refractivity contribution in [2.45, 2.75) is 57.1 Å². The van der Waals surface area contributed by atoms with Crippen molar-refractivity contribution in [3.05, 3.63) is 11.7 Å². The Labute approximate surface area is 125 Å². The summed E-state index contributed by atoms with van der Waals surface area (Å²) < 4.78 is 16.7. The maximum Gasteiger partial charge on any atom is 0.249 e. The summed E-state index contributed by atoms with van der Waals surface area (Å²) >= 11 is 0. The highest BCUT2D eigenvalue weighted by molar-refractivity contribution is 5.06. The molecule has 21 heavy (non-hydrogen) atoms. The third-order valence-electron chi connectivity index (χ3n) is 4.60. The van der Waals surface area contributed by atoms with E-state index in [9.17, 15) is 0 Å². The van der Waals surface area contributed by atoms with E-state index in [1.54, 1.807) is 0 Å². The van der Waals surface area contributed by atoms with Crippen molar-refractivity contribution in [2.75, 3.05) is 19.8 Å². The van der Waals surface area contributed by atoms with Crippen LogP contribution in [0.3, 0.4) is 0 Å². The van der Waals surface area contributed by atoms with Crippen LogP contribution in [0.4, 0.5) is 0 Å². The van der Waals surface area contributed by atoms with Crippen LogP contribution in [0.2, 0.25) is 0 Å². The molecule has 2 atom stereocenters. The lowest BCUT2D eigenvalue weighted by atomic mass is 9.85. The Kier molecular flexibility index (Phi) is 4.57. The normalized spacial score (nSPS) is 28.9. The van der Waals surface area contributed by atoms with E-state index in [2.05, 4.69) is 10.1 Å². The van der Waals surface area contributed by atoms with Crippen LogP contribution >= 0.6 is 0 Å². The van der Waals surface area contributed by atoms with Gasteiger partial charge < -0.3 is 19.7 Å². The fourth-order valence-corrected chi connectivity index (χ4v) is 3.34. The molecule has 0 spiro atoms. The van der Waals surface area contributed by atoms with Gasteiger partial charge in [-0.15, -0.1) is 0 Å². The minimum atomic E-state index is -0.630. The van der Waals surface area contributed by atoms with Crippen LogP contribution in [0.15, 0.2) is 4.52 Å². The molecule has 6 heteroatoms. The van der Waals surface area contributed by atoms with Crippen LogP contribution < -0.4 is 5.73 Å². The van der Waals surface area contributed by atoms with Crippen molar-refractivity contribution >= 4 is 0 Å². The minimum Gasteiger partial charge on any atom is -0.379 e. The lowest BCUT2D eigenvalue weighted by Gasteiger charge is -2.27. The highest BCUT2D eigenvalue weighted by Crippen LogP contribution is 2.36. The summed E-state index contributed by atoms with van der Waals surface area (Å²) in [4.78, 5) is 4.55. The predicted octanol–water partition coefficient (Wildman–Crippen LogP) is 2.30. The second kappa shape index (κ2) is 6.42. The zero-order chi connectivity index (χ0) is 14.7. The summed E-state index contributed by atoms with van der Waals surface area (Å²) in [7, 11) is 0. The third kappa shape index (κ3) is 3.12. The van der Waals surface area contributed by atoms with E-state index < -0.39 is 5.54 Å². The smallest absolute Gasteiger partial charge is 0.249 e. The summed E-state index contributed by atoms with van der Waals surface area (Å²) in [6.45, 7) is 3.75. The van der Waals surface area contributed by atoms with Crippen molar-refractivity contribution in [1.29, 1.82) is 0 Å². The van der Waals surface area contributed by atoms with E-state index in [0.717, 1.165) is 6.42 Å². The molecule has 1 saturated carbocycles. The fraction of sp³-hybridized carbons (Fsp3) is 0.867. The highest BCUT2D eigenvalue weighted by atomic mass is 16.5. The van der Waals surface area contributed by atoms with Crippen LogP contribution in [-0.4, -0.2) is 30.0 Å². The number of nitrogens with zero attached hydrogens (tertiary/aromatic N) is 2. The lowest BCUT2D eigenvalue weighted by molar-refractivity contribution is -0.00145. The molecule has 2 unspecified atom stereocenters. The monoisotopic (exact) mass is 295 g/mol. The van der Waals surface area contributed by atoms with Gasteiger partial charge in [0.05, 0.1) is 6.61 Å². The first-order valence-corrected chi connectivity index (χ1v) is 8.05. The molecule has 1 aromatic heterocycles. The van der Waals surface area contributed by atoms with Gasteiger partial charge in [0.25, 0.3) is 0 Å². The maximum atomic E-state index is 6.28. The quantitative estimate of drug-likeness (QED) is 0.897. The molecule has 118 valence electrons. The van der Waals surface area contributed by atoms with E-state index in [1.165, 1.54) is 32.1 Å². The third-order valence-corrected chi connectivity index (χ3v) is 4.60. The summed E-state index contributed by atoms with van der Waals surface area (Å²) in [5.41, 5.74) is 5.65.